The molecule has 0 aliphatic carbocycles. The summed E-state index contributed by atoms with van der Waals surface area (Å²) >= 11 is 0. The number of aromatic nitrogens is 3. The van der Waals surface area contributed by atoms with Crippen molar-refractivity contribution < 1.29 is 19.7 Å². The Balaban J connectivity index is 2.10. The normalized spacial score (nSPS) is 29.3. The SMILES string of the molecule is COC1C(O)[C@@H](CO)O[C@H]1n1ccc2c(=O)[nH]c(N)nc21. The van der Waals surface area contributed by atoms with Crippen molar-refractivity contribution in [3.8, 4) is 0 Å². The van der Waals surface area contributed by atoms with E-state index in [1.54, 1.807) is 16.8 Å². The number of nitrogen functional groups attached to an aromatic ring is 1. The summed E-state index contributed by atoms with van der Waals surface area (Å²) in [4.78, 5) is 18.3. The van der Waals surface area contributed by atoms with Gasteiger partial charge in [-0.05, 0) is 6.07 Å². The molecule has 0 saturated carbocycles. The number of nitrogens with one attached hydrogen (secondary N) is 1. The van der Waals surface area contributed by atoms with E-state index in [1.165, 1.54) is 7.11 Å². The molecular formula is C12H16N4O5. The monoisotopic (exact) mass is 296 g/mol. The van der Waals surface area contributed by atoms with E-state index in [0.717, 1.165) is 0 Å². The van der Waals surface area contributed by atoms with Crippen LogP contribution in [0.4, 0.5) is 5.95 Å². The predicted molar refractivity (Wildman–Crippen MR) is 72.6 cm³/mol. The van der Waals surface area contributed by atoms with Crippen LogP contribution in [-0.2, 0) is 9.47 Å². The molecule has 0 amide bonds. The molecule has 2 aromatic heterocycles. The lowest BCUT2D eigenvalue weighted by Gasteiger charge is -2.20. The first kappa shape index (κ1) is 14.0. The van der Waals surface area contributed by atoms with Crippen molar-refractivity contribution in [3.05, 3.63) is 22.6 Å². The maximum absolute atomic E-state index is 11.8. The molecule has 2 aromatic rings. The number of H-pyrrole nitrogens is 1. The van der Waals surface area contributed by atoms with E-state index in [1.807, 2.05) is 0 Å². The van der Waals surface area contributed by atoms with Crippen LogP contribution in [-0.4, -0.2) is 56.8 Å². The van der Waals surface area contributed by atoms with Gasteiger partial charge in [0.15, 0.2) is 11.9 Å². The first-order chi connectivity index (χ1) is 10.1. The molecule has 3 rings (SSSR count). The Kier molecular flexibility index (Phi) is 3.41. The number of nitrogens with two attached hydrogens (primary N) is 1. The maximum Gasteiger partial charge on any atom is 0.261 e. The first-order valence-electron chi connectivity index (χ1n) is 6.40. The second kappa shape index (κ2) is 5.11. The van der Waals surface area contributed by atoms with Crippen LogP contribution in [0.2, 0.25) is 0 Å². The number of anilines is 1. The fraction of sp³-hybridized carbons (Fsp3) is 0.500. The van der Waals surface area contributed by atoms with Crippen LogP contribution >= 0.6 is 0 Å². The smallest absolute Gasteiger partial charge is 0.261 e. The Morgan fingerprint density at radius 1 is 1.62 bits per heavy atom. The van der Waals surface area contributed by atoms with Gasteiger partial charge in [-0.2, -0.15) is 4.98 Å². The van der Waals surface area contributed by atoms with Gasteiger partial charge in [-0.15, -0.1) is 0 Å². The molecule has 1 aliphatic heterocycles. The van der Waals surface area contributed by atoms with Gasteiger partial charge in [-0.3, -0.25) is 9.78 Å². The summed E-state index contributed by atoms with van der Waals surface area (Å²) in [5.41, 5.74) is 5.53. The minimum atomic E-state index is -0.984. The Morgan fingerprint density at radius 2 is 2.38 bits per heavy atom. The van der Waals surface area contributed by atoms with E-state index in [2.05, 4.69) is 9.97 Å². The summed E-state index contributed by atoms with van der Waals surface area (Å²) in [5.74, 6) is -0.0151. The van der Waals surface area contributed by atoms with Gasteiger partial charge in [0.25, 0.3) is 5.56 Å². The summed E-state index contributed by atoms with van der Waals surface area (Å²) in [7, 11) is 1.43. The fourth-order valence-electron chi connectivity index (χ4n) is 2.61. The second-order valence-corrected chi connectivity index (χ2v) is 4.85. The average molecular weight is 296 g/mol. The summed E-state index contributed by atoms with van der Waals surface area (Å²) < 4.78 is 12.4. The third-order valence-corrected chi connectivity index (χ3v) is 3.64. The number of rotatable bonds is 3. The molecule has 21 heavy (non-hydrogen) atoms. The molecule has 4 atom stereocenters. The van der Waals surface area contributed by atoms with E-state index >= 15 is 0 Å². The molecule has 0 aromatic carbocycles. The van der Waals surface area contributed by atoms with Gasteiger partial charge in [-0.1, -0.05) is 0 Å². The van der Waals surface area contributed by atoms with Crippen LogP contribution in [0.3, 0.4) is 0 Å². The van der Waals surface area contributed by atoms with Gasteiger partial charge in [0.1, 0.15) is 18.3 Å². The Morgan fingerprint density at radius 3 is 3.05 bits per heavy atom. The van der Waals surface area contributed by atoms with E-state index < -0.39 is 24.5 Å². The van der Waals surface area contributed by atoms with Crippen molar-refractivity contribution in [2.45, 2.75) is 24.5 Å². The molecule has 1 saturated heterocycles. The zero-order valence-corrected chi connectivity index (χ0v) is 11.3. The fourth-order valence-corrected chi connectivity index (χ4v) is 2.61. The zero-order valence-electron chi connectivity index (χ0n) is 11.3. The molecule has 0 bridgehead atoms. The minimum absolute atomic E-state index is 0.0151. The summed E-state index contributed by atoms with van der Waals surface area (Å²) in [6.45, 7) is -0.340. The van der Waals surface area contributed by atoms with Crippen LogP contribution in [0, 0.1) is 0 Å². The molecule has 0 spiro atoms. The number of hydrogen-bond donors (Lipinski definition) is 4. The first-order valence-corrected chi connectivity index (χ1v) is 6.40. The standard InChI is InChI=1S/C12H16N4O5/c1-20-8-7(18)6(4-17)21-11(8)16-3-2-5-9(16)14-12(13)15-10(5)19/h2-3,6-8,11,17-18H,4H2,1H3,(H3,13,14,15,19)/t6-,7?,8?,11-/m1/s1. The van der Waals surface area contributed by atoms with Gasteiger partial charge in [0.2, 0.25) is 5.95 Å². The molecule has 5 N–H and O–H groups in total. The second-order valence-electron chi connectivity index (χ2n) is 4.85. The number of aromatic amines is 1. The predicted octanol–water partition coefficient (Wildman–Crippen LogP) is -1.43. The molecule has 0 radical (unpaired) electrons. The number of ether oxygens (including phenoxy) is 2. The molecule has 1 aliphatic rings. The van der Waals surface area contributed by atoms with E-state index in [4.69, 9.17) is 15.2 Å². The summed E-state index contributed by atoms with van der Waals surface area (Å²) in [6, 6.07) is 1.58. The van der Waals surface area contributed by atoms with Crippen molar-refractivity contribution >= 4 is 17.0 Å². The van der Waals surface area contributed by atoms with Crippen molar-refractivity contribution in [3.63, 3.8) is 0 Å². The molecule has 3 heterocycles. The third-order valence-electron chi connectivity index (χ3n) is 3.64. The number of aliphatic hydroxyl groups excluding tert-OH is 2. The molecular weight excluding hydrogens is 280 g/mol. The zero-order chi connectivity index (χ0) is 15.1. The topological polar surface area (TPSA) is 136 Å². The van der Waals surface area contributed by atoms with Crippen molar-refractivity contribution in [2.24, 2.45) is 0 Å². The number of fused-ring (bicyclic) bond motifs is 1. The van der Waals surface area contributed by atoms with Crippen LogP contribution in [0.25, 0.3) is 11.0 Å². The molecule has 9 nitrogen and oxygen atoms in total. The van der Waals surface area contributed by atoms with Crippen LogP contribution < -0.4 is 11.3 Å². The van der Waals surface area contributed by atoms with Crippen molar-refractivity contribution in [1.29, 1.82) is 0 Å². The van der Waals surface area contributed by atoms with Crippen molar-refractivity contribution in [1.82, 2.24) is 14.5 Å². The van der Waals surface area contributed by atoms with E-state index in [-0.39, 0.29) is 18.1 Å². The number of nitrogens with zero attached hydrogens (tertiary/aromatic N) is 2. The minimum Gasteiger partial charge on any atom is -0.394 e. The highest BCUT2D eigenvalue weighted by Crippen LogP contribution is 2.33. The Bertz CT molecular complexity index is 711. The molecule has 2 unspecified atom stereocenters. The van der Waals surface area contributed by atoms with Crippen LogP contribution in [0.1, 0.15) is 6.23 Å². The van der Waals surface area contributed by atoms with Gasteiger partial charge in [0, 0.05) is 13.3 Å². The van der Waals surface area contributed by atoms with Crippen LogP contribution in [0.5, 0.6) is 0 Å². The molecule has 9 heteroatoms. The highest BCUT2D eigenvalue weighted by Gasteiger charge is 2.45. The van der Waals surface area contributed by atoms with E-state index in [9.17, 15) is 15.0 Å². The lowest BCUT2D eigenvalue weighted by Crippen LogP contribution is -2.34. The quantitative estimate of drug-likeness (QED) is 0.545. The molecule has 114 valence electrons. The van der Waals surface area contributed by atoms with Crippen LogP contribution in [0.15, 0.2) is 17.1 Å². The maximum atomic E-state index is 11.8. The summed E-state index contributed by atoms with van der Waals surface area (Å²) in [6.07, 6.45) is -1.55. The van der Waals surface area contributed by atoms with Gasteiger partial charge < -0.3 is 30.0 Å². The highest BCUT2D eigenvalue weighted by atomic mass is 16.6. The van der Waals surface area contributed by atoms with Gasteiger partial charge in [0.05, 0.1) is 12.0 Å². The number of aliphatic hydroxyl groups is 2. The van der Waals surface area contributed by atoms with E-state index in [0.29, 0.717) is 11.0 Å². The molecule has 1 fully saturated rings. The average Bonchev–Trinajstić information content (AvgIpc) is 2.99. The third kappa shape index (κ3) is 2.10. The number of hydrogen-bond acceptors (Lipinski definition) is 7. The van der Waals surface area contributed by atoms with Gasteiger partial charge >= 0.3 is 0 Å². The lowest BCUT2D eigenvalue weighted by molar-refractivity contribution is -0.0580. The van der Waals surface area contributed by atoms with Crippen molar-refractivity contribution in [2.75, 3.05) is 19.5 Å². The van der Waals surface area contributed by atoms with Gasteiger partial charge in [-0.25, -0.2) is 0 Å². The highest BCUT2D eigenvalue weighted by molar-refractivity contribution is 5.76. The largest absolute Gasteiger partial charge is 0.394 e. The Hall–Kier alpha value is -1.94. The number of methoxy groups -OCH3 is 1. The lowest BCUT2D eigenvalue weighted by atomic mass is 10.1. The summed E-state index contributed by atoms with van der Waals surface area (Å²) in [5, 5.41) is 19.6. The Labute approximate surface area is 118 Å².